The summed E-state index contributed by atoms with van der Waals surface area (Å²) < 4.78 is 12.1. The number of anilines is 1. The molecule has 4 aromatic rings. The van der Waals surface area contributed by atoms with Crippen molar-refractivity contribution in [1.29, 1.82) is 0 Å². The number of piperazine rings is 1. The van der Waals surface area contributed by atoms with E-state index in [0.717, 1.165) is 42.3 Å². The van der Waals surface area contributed by atoms with Gasteiger partial charge in [0.05, 0.1) is 28.9 Å². The number of imidazole rings is 1. The molecule has 0 aromatic carbocycles. The van der Waals surface area contributed by atoms with Crippen molar-refractivity contribution in [1.82, 2.24) is 34.6 Å². The van der Waals surface area contributed by atoms with Crippen molar-refractivity contribution in [3.05, 3.63) is 40.1 Å². The smallest absolute Gasteiger partial charge is 0.439 e. The molecule has 1 N–H and O–H groups in total. The summed E-state index contributed by atoms with van der Waals surface area (Å²) in [6, 6.07) is 3.61. The number of rotatable bonds is 5. The lowest BCUT2D eigenvalue weighted by Crippen LogP contribution is -2.59. The highest BCUT2D eigenvalue weighted by Crippen LogP contribution is 2.38. The van der Waals surface area contributed by atoms with Gasteiger partial charge in [-0.25, -0.2) is 19.6 Å². The fourth-order valence-electron chi connectivity index (χ4n) is 6.48. The van der Waals surface area contributed by atoms with E-state index in [9.17, 15) is 9.59 Å². The molecule has 0 radical (unpaired) electrons. The number of aromatic amines is 1. The third-order valence-corrected chi connectivity index (χ3v) is 8.73. The van der Waals surface area contributed by atoms with Gasteiger partial charge in [0.2, 0.25) is 11.8 Å². The Kier molecular flexibility index (Phi) is 7.65. The van der Waals surface area contributed by atoms with Crippen LogP contribution >= 0.6 is 11.6 Å². The third kappa shape index (κ3) is 5.35. The first-order chi connectivity index (χ1) is 20.2. The molecule has 5 heterocycles. The summed E-state index contributed by atoms with van der Waals surface area (Å²) in [7, 11) is 1.41. The number of ether oxygens (including phenoxy) is 1. The van der Waals surface area contributed by atoms with E-state index in [4.69, 9.17) is 30.8 Å². The molecule has 2 aliphatic rings. The van der Waals surface area contributed by atoms with E-state index >= 15 is 0 Å². The second kappa shape index (κ2) is 11.4. The molecule has 12 nitrogen and oxygen atoms in total. The van der Waals surface area contributed by atoms with Crippen molar-refractivity contribution >= 4 is 34.7 Å². The van der Waals surface area contributed by atoms with Crippen LogP contribution in [-0.4, -0.2) is 72.9 Å². The first-order valence-electron chi connectivity index (χ1n) is 14.4. The van der Waals surface area contributed by atoms with Gasteiger partial charge in [-0.2, -0.15) is 0 Å². The molecule has 1 aliphatic carbocycles. The molecule has 2 fully saturated rings. The topological polar surface area (TPSA) is 135 Å². The van der Waals surface area contributed by atoms with Crippen molar-refractivity contribution in [3.8, 4) is 22.8 Å². The molecule has 1 unspecified atom stereocenters. The van der Waals surface area contributed by atoms with Gasteiger partial charge in [0.25, 0.3) is 0 Å². The summed E-state index contributed by atoms with van der Waals surface area (Å²) >= 11 is 6.39. The molecule has 2 atom stereocenters. The van der Waals surface area contributed by atoms with Crippen LogP contribution in [0.2, 0.25) is 5.02 Å². The van der Waals surface area contributed by atoms with E-state index in [1.54, 1.807) is 17.3 Å². The number of amides is 1. The zero-order valence-corrected chi connectivity index (χ0v) is 25.0. The van der Waals surface area contributed by atoms with Crippen LogP contribution in [0.15, 0.2) is 33.8 Å². The molecule has 1 saturated heterocycles. The van der Waals surface area contributed by atoms with E-state index < -0.39 is 5.76 Å². The van der Waals surface area contributed by atoms with Crippen LogP contribution in [0.25, 0.3) is 33.8 Å². The number of hydrogen-bond acceptors (Lipinski definition) is 9. The summed E-state index contributed by atoms with van der Waals surface area (Å²) in [6.07, 6.45) is 7.65. The number of carbonyl (C=O) groups is 1. The Bertz CT molecular complexity index is 1640. The Balaban J connectivity index is 1.55. The summed E-state index contributed by atoms with van der Waals surface area (Å²) in [5, 5.41) is 4.36. The van der Waals surface area contributed by atoms with Gasteiger partial charge in [-0.15, -0.1) is 0 Å². The molecular formula is C29H35ClN8O4. The maximum absolute atomic E-state index is 12.4. The molecule has 0 bridgehead atoms. The van der Waals surface area contributed by atoms with E-state index in [1.807, 2.05) is 12.1 Å². The highest BCUT2D eigenvalue weighted by atomic mass is 35.5. The lowest BCUT2D eigenvalue weighted by molar-refractivity contribution is 0.108. The lowest BCUT2D eigenvalue weighted by Gasteiger charge is -2.44. The predicted octanol–water partition coefficient (Wildman–Crippen LogP) is 4.98. The van der Waals surface area contributed by atoms with Crippen molar-refractivity contribution in [2.24, 2.45) is 11.8 Å². The van der Waals surface area contributed by atoms with E-state index in [-0.39, 0.29) is 24.0 Å². The number of methoxy groups -OCH3 is 1. The van der Waals surface area contributed by atoms with Crippen LogP contribution in [0.3, 0.4) is 0 Å². The lowest BCUT2D eigenvalue weighted by atomic mass is 9.83. The van der Waals surface area contributed by atoms with Crippen molar-refractivity contribution in [2.75, 3.05) is 25.1 Å². The number of pyridine rings is 2. The van der Waals surface area contributed by atoms with E-state index in [1.165, 1.54) is 20.0 Å². The van der Waals surface area contributed by atoms with Gasteiger partial charge < -0.3 is 19.1 Å². The Hall–Kier alpha value is -3.93. The maximum Gasteiger partial charge on any atom is 0.439 e. The summed E-state index contributed by atoms with van der Waals surface area (Å²) in [6.45, 7) is 8.32. The molecule has 1 amide bonds. The Morgan fingerprint density at radius 1 is 1.10 bits per heavy atom. The van der Waals surface area contributed by atoms with Crippen LogP contribution in [0.4, 0.5) is 10.7 Å². The Morgan fingerprint density at radius 3 is 2.48 bits per heavy atom. The van der Waals surface area contributed by atoms with Gasteiger partial charge in [0, 0.05) is 49.7 Å². The van der Waals surface area contributed by atoms with Crippen LogP contribution in [-0.2, 0) is 11.3 Å². The number of aromatic nitrogens is 6. The van der Waals surface area contributed by atoms with Gasteiger partial charge in [-0.3, -0.25) is 14.5 Å². The normalized spacial score (nSPS) is 23.0. The molecule has 6 rings (SSSR count). The van der Waals surface area contributed by atoms with Gasteiger partial charge in [-0.1, -0.05) is 36.5 Å². The highest BCUT2D eigenvalue weighted by Gasteiger charge is 2.36. The number of hydrogen-bond donors (Lipinski definition) is 1. The SMILES string of the molecule is COC(=O)N1CC(C)N(c2nc3cc(-c4noc(=O)[nH]4)nc(-c4cncc(Cl)c4)c3n2C[C@H]2CC[C@H](C)CC2)[C@H](C)C1. The first-order valence-corrected chi connectivity index (χ1v) is 14.8. The summed E-state index contributed by atoms with van der Waals surface area (Å²) in [5.41, 5.74) is 3.34. The van der Waals surface area contributed by atoms with Crippen LogP contribution in [0, 0.1) is 11.8 Å². The number of carbonyl (C=O) groups excluding carboxylic acids is 1. The molecule has 13 heteroatoms. The molecular weight excluding hydrogens is 560 g/mol. The minimum Gasteiger partial charge on any atom is -0.453 e. The zero-order chi connectivity index (χ0) is 29.5. The molecule has 42 heavy (non-hydrogen) atoms. The monoisotopic (exact) mass is 594 g/mol. The number of fused-ring (bicyclic) bond motifs is 1. The largest absolute Gasteiger partial charge is 0.453 e. The fourth-order valence-corrected chi connectivity index (χ4v) is 6.66. The third-order valence-electron chi connectivity index (χ3n) is 8.52. The van der Waals surface area contributed by atoms with Crippen molar-refractivity contribution in [2.45, 2.75) is 65.1 Å². The van der Waals surface area contributed by atoms with Gasteiger partial charge in [0.15, 0.2) is 0 Å². The number of halogens is 1. The fraction of sp³-hybridized carbons (Fsp3) is 0.517. The Labute approximate surface area is 248 Å². The maximum atomic E-state index is 12.4. The average molecular weight is 595 g/mol. The number of nitrogens with zero attached hydrogens (tertiary/aromatic N) is 7. The van der Waals surface area contributed by atoms with E-state index in [0.29, 0.717) is 40.9 Å². The van der Waals surface area contributed by atoms with Gasteiger partial charge >= 0.3 is 11.8 Å². The van der Waals surface area contributed by atoms with Crippen LogP contribution in [0.5, 0.6) is 0 Å². The van der Waals surface area contributed by atoms with Crippen LogP contribution < -0.4 is 10.7 Å². The van der Waals surface area contributed by atoms with Gasteiger partial charge in [0.1, 0.15) is 5.69 Å². The van der Waals surface area contributed by atoms with Crippen molar-refractivity contribution in [3.63, 3.8) is 0 Å². The van der Waals surface area contributed by atoms with Gasteiger partial charge in [-0.05, 0) is 50.7 Å². The molecule has 4 aromatic heterocycles. The zero-order valence-electron chi connectivity index (χ0n) is 24.2. The van der Waals surface area contributed by atoms with Crippen molar-refractivity contribution < 1.29 is 14.1 Å². The summed E-state index contributed by atoms with van der Waals surface area (Å²) in [5.74, 6) is 1.58. The van der Waals surface area contributed by atoms with E-state index in [2.05, 4.69) is 45.4 Å². The Morgan fingerprint density at radius 2 is 1.83 bits per heavy atom. The minimum atomic E-state index is -0.665. The summed E-state index contributed by atoms with van der Waals surface area (Å²) in [4.78, 5) is 45.4. The minimum absolute atomic E-state index is 0.0228. The van der Waals surface area contributed by atoms with Crippen LogP contribution in [0.1, 0.15) is 46.5 Å². The predicted molar refractivity (Wildman–Crippen MR) is 158 cm³/mol. The number of H-pyrrole nitrogens is 1. The average Bonchev–Trinajstić information content (AvgIpc) is 3.56. The highest BCUT2D eigenvalue weighted by molar-refractivity contribution is 6.30. The second-order valence-corrected chi connectivity index (χ2v) is 12.1. The standard InChI is InChI=1S/C29H35ClN8O4/c1-16-5-7-19(8-6-16)15-37-25-22(33-27(37)38-17(2)13-36(14-18(38)3)29(40)41-4)10-23(26-34-28(39)42-35-26)32-24(25)20-9-21(30)12-31-11-20/h9-12,16-19H,5-8,13-15H2,1-4H3,(H,34,35,39)/t16-,17-,18?,19-/m1/s1. The molecule has 1 aliphatic heterocycles. The molecule has 222 valence electrons. The molecule has 0 spiro atoms. The number of nitrogens with one attached hydrogen (secondary N) is 1. The first kappa shape index (κ1) is 28.2. The second-order valence-electron chi connectivity index (χ2n) is 11.7. The quantitative estimate of drug-likeness (QED) is 0.339. The molecule has 1 saturated carbocycles.